The molecule has 34 heavy (non-hydrogen) atoms. The number of amides is 1. The van der Waals surface area contributed by atoms with Crippen LogP contribution in [0.1, 0.15) is 95.7 Å². The number of benzene rings is 1. The predicted molar refractivity (Wildman–Crippen MR) is 141 cm³/mol. The second-order valence-corrected chi connectivity index (χ2v) is 8.71. The fourth-order valence-corrected chi connectivity index (χ4v) is 3.94. The zero-order chi connectivity index (χ0) is 25.2. The first-order valence-corrected chi connectivity index (χ1v) is 12.5. The summed E-state index contributed by atoms with van der Waals surface area (Å²) < 4.78 is 0. The van der Waals surface area contributed by atoms with Gasteiger partial charge in [0, 0.05) is 25.4 Å². The SMILES string of the molecule is C\C=C/N=C(C)/C=C(\C#N)C(=O)N(C)C(CCC)c1ccc(CCCCCCCCC=O)cc1. The van der Waals surface area contributed by atoms with Crippen molar-refractivity contribution in [2.75, 3.05) is 7.05 Å². The number of hydrogen-bond acceptors (Lipinski definition) is 4. The van der Waals surface area contributed by atoms with Crippen molar-refractivity contribution in [1.82, 2.24) is 4.90 Å². The number of hydrogen-bond donors (Lipinski definition) is 0. The molecule has 0 saturated heterocycles. The normalized spacial score (nSPS) is 13.0. The van der Waals surface area contributed by atoms with E-state index >= 15 is 0 Å². The monoisotopic (exact) mass is 463 g/mol. The third-order valence-electron chi connectivity index (χ3n) is 5.88. The smallest absolute Gasteiger partial charge is 0.264 e. The highest BCUT2D eigenvalue weighted by molar-refractivity contribution is 6.05. The number of nitriles is 1. The minimum atomic E-state index is -0.284. The Morgan fingerprint density at radius 3 is 2.35 bits per heavy atom. The maximum absolute atomic E-state index is 13.1. The van der Waals surface area contributed by atoms with Crippen LogP contribution in [0, 0.1) is 11.3 Å². The maximum Gasteiger partial charge on any atom is 0.264 e. The maximum atomic E-state index is 13.1. The molecule has 184 valence electrons. The van der Waals surface area contributed by atoms with E-state index in [1.807, 2.05) is 13.0 Å². The summed E-state index contributed by atoms with van der Waals surface area (Å²) in [6, 6.07) is 10.5. The van der Waals surface area contributed by atoms with Crippen molar-refractivity contribution in [3.8, 4) is 6.07 Å². The molecule has 0 fully saturated rings. The van der Waals surface area contributed by atoms with Crippen LogP contribution in [0.15, 0.2) is 53.2 Å². The van der Waals surface area contributed by atoms with Crippen molar-refractivity contribution in [1.29, 1.82) is 5.26 Å². The molecule has 1 unspecified atom stereocenters. The lowest BCUT2D eigenvalue weighted by Crippen LogP contribution is -2.32. The average molecular weight is 464 g/mol. The Hall–Kier alpha value is -3.00. The molecule has 0 aromatic heterocycles. The third-order valence-corrected chi connectivity index (χ3v) is 5.88. The van der Waals surface area contributed by atoms with E-state index in [0.29, 0.717) is 12.1 Å². The summed E-state index contributed by atoms with van der Waals surface area (Å²) in [4.78, 5) is 29.3. The second kappa shape index (κ2) is 17.5. The summed E-state index contributed by atoms with van der Waals surface area (Å²) in [5.74, 6) is -0.284. The van der Waals surface area contributed by atoms with Crippen LogP contribution in [0.25, 0.3) is 0 Å². The van der Waals surface area contributed by atoms with E-state index in [-0.39, 0.29) is 17.5 Å². The first kappa shape index (κ1) is 29.0. The van der Waals surface area contributed by atoms with Crippen LogP contribution in [0.5, 0.6) is 0 Å². The Morgan fingerprint density at radius 2 is 1.76 bits per heavy atom. The first-order chi connectivity index (χ1) is 16.5. The molecule has 0 spiro atoms. The lowest BCUT2D eigenvalue weighted by molar-refractivity contribution is -0.127. The van der Waals surface area contributed by atoms with Crippen LogP contribution >= 0.6 is 0 Å². The summed E-state index contributed by atoms with van der Waals surface area (Å²) in [6.45, 7) is 5.75. The van der Waals surface area contributed by atoms with Crippen molar-refractivity contribution in [3.05, 3.63) is 59.3 Å². The van der Waals surface area contributed by atoms with E-state index in [1.54, 1.807) is 37.2 Å². The number of allylic oxidation sites excluding steroid dienone is 2. The first-order valence-electron chi connectivity index (χ1n) is 12.5. The lowest BCUT2D eigenvalue weighted by atomic mass is 9.97. The Bertz CT molecular complexity index is 876. The number of likely N-dealkylation sites (N-methyl/N-ethyl adjacent to an activating group) is 1. The minimum Gasteiger partial charge on any atom is -0.334 e. The van der Waals surface area contributed by atoms with Crippen molar-refractivity contribution in [2.45, 2.75) is 91.0 Å². The van der Waals surface area contributed by atoms with Crippen LogP contribution in [-0.2, 0) is 16.0 Å². The van der Waals surface area contributed by atoms with Gasteiger partial charge in [0.25, 0.3) is 5.91 Å². The summed E-state index contributed by atoms with van der Waals surface area (Å²) in [5.41, 5.74) is 3.11. The third kappa shape index (κ3) is 10.7. The number of aldehydes is 1. The zero-order valence-electron chi connectivity index (χ0n) is 21.4. The molecule has 0 bridgehead atoms. The fourth-order valence-electron chi connectivity index (χ4n) is 3.94. The van der Waals surface area contributed by atoms with Gasteiger partial charge < -0.3 is 9.69 Å². The molecule has 1 atom stereocenters. The predicted octanol–water partition coefficient (Wildman–Crippen LogP) is 6.90. The topological polar surface area (TPSA) is 73.5 Å². The molecule has 1 rings (SSSR count). The number of carbonyl (C=O) groups is 2. The number of rotatable bonds is 16. The number of carbonyl (C=O) groups excluding carboxylic acids is 2. The molecular formula is C29H41N3O2. The van der Waals surface area contributed by atoms with E-state index in [4.69, 9.17) is 0 Å². The molecular weight excluding hydrogens is 422 g/mol. The molecule has 5 heteroatoms. The highest BCUT2D eigenvalue weighted by Gasteiger charge is 2.24. The molecule has 5 nitrogen and oxygen atoms in total. The van der Waals surface area contributed by atoms with Crippen molar-refractivity contribution in [3.63, 3.8) is 0 Å². The van der Waals surface area contributed by atoms with Gasteiger partial charge in [-0.05, 0) is 56.7 Å². The highest BCUT2D eigenvalue weighted by atomic mass is 16.2. The Morgan fingerprint density at radius 1 is 1.12 bits per heavy atom. The molecule has 0 N–H and O–H groups in total. The standard InChI is InChI=1S/C29H41N3O2/c1-5-14-28(32(4)29(34)27(23-30)22-24(3)31-20-6-2)26-18-16-25(17-19-26)15-12-10-8-7-9-11-13-21-33/h6,16-22,28H,5,7-15H2,1-4H3/b20-6-,27-22+,31-24+. The van der Waals surface area contributed by atoms with Gasteiger partial charge in [-0.25, -0.2) is 0 Å². The van der Waals surface area contributed by atoms with E-state index in [2.05, 4.69) is 36.2 Å². The van der Waals surface area contributed by atoms with Crippen LogP contribution in [0.2, 0.25) is 0 Å². The molecule has 0 radical (unpaired) electrons. The number of aryl methyl sites for hydroxylation is 1. The van der Waals surface area contributed by atoms with Gasteiger partial charge in [0.2, 0.25) is 0 Å². The summed E-state index contributed by atoms with van der Waals surface area (Å²) >= 11 is 0. The minimum absolute atomic E-state index is 0.0811. The van der Waals surface area contributed by atoms with E-state index in [0.717, 1.165) is 50.4 Å². The van der Waals surface area contributed by atoms with E-state index < -0.39 is 0 Å². The van der Waals surface area contributed by atoms with Crippen LogP contribution in [-0.4, -0.2) is 29.9 Å². The van der Waals surface area contributed by atoms with Gasteiger partial charge in [-0.3, -0.25) is 9.79 Å². The summed E-state index contributed by atoms with van der Waals surface area (Å²) in [6.07, 6.45) is 16.4. The largest absolute Gasteiger partial charge is 0.334 e. The van der Waals surface area contributed by atoms with Gasteiger partial charge in [-0.15, -0.1) is 0 Å². The molecule has 0 aliphatic carbocycles. The quantitative estimate of drug-likeness (QED) is 0.0879. The highest BCUT2D eigenvalue weighted by Crippen LogP contribution is 2.26. The van der Waals surface area contributed by atoms with Crippen molar-refractivity contribution < 1.29 is 9.59 Å². The van der Waals surface area contributed by atoms with Crippen LogP contribution in [0.4, 0.5) is 0 Å². The number of unbranched alkanes of at least 4 members (excludes halogenated alkanes) is 6. The van der Waals surface area contributed by atoms with E-state index in [9.17, 15) is 14.9 Å². The number of aliphatic imine (C=N–C) groups is 1. The van der Waals surface area contributed by atoms with Crippen molar-refractivity contribution >= 4 is 17.9 Å². The molecule has 0 aliphatic heterocycles. The molecule has 0 saturated carbocycles. The molecule has 1 aromatic carbocycles. The zero-order valence-corrected chi connectivity index (χ0v) is 21.4. The van der Waals surface area contributed by atoms with Gasteiger partial charge in [-0.2, -0.15) is 5.26 Å². The Kier molecular flexibility index (Phi) is 14.9. The second-order valence-electron chi connectivity index (χ2n) is 8.71. The number of nitrogens with zero attached hydrogens (tertiary/aromatic N) is 3. The van der Waals surface area contributed by atoms with Gasteiger partial charge in [-0.1, -0.05) is 69.4 Å². The molecule has 1 amide bonds. The lowest BCUT2D eigenvalue weighted by Gasteiger charge is -2.28. The Balaban J connectivity index is 2.76. The van der Waals surface area contributed by atoms with Crippen LogP contribution in [0.3, 0.4) is 0 Å². The van der Waals surface area contributed by atoms with Crippen LogP contribution < -0.4 is 0 Å². The molecule has 1 aromatic rings. The summed E-state index contributed by atoms with van der Waals surface area (Å²) in [5, 5.41) is 9.56. The van der Waals surface area contributed by atoms with Gasteiger partial charge >= 0.3 is 0 Å². The van der Waals surface area contributed by atoms with Gasteiger partial charge in [0.05, 0.1) is 6.04 Å². The van der Waals surface area contributed by atoms with Crippen molar-refractivity contribution in [2.24, 2.45) is 4.99 Å². The molecule has 0 aliphatic rings. The van der Waals surface area contributed by atoms with Gasteiger partial charge in [0.1, 0.15) is 17.9 Å². The summed E-state index contributed by atoms with van der Waals surface area (Å²) in [7, 11) is 1.77. The average Bonchev–Trinajstić information content (AvgIpc) is 2.85. The Labute approximate surface area is 206 Å². The van der Waals surface area contributed by atoms with E-state index in [1.165, 1.54) is 24.8 Å². The fraction of sp³-hybridized carbons (Fsp3) is 0.517. The molecule has 0 heterocycles. The van der Waals surface area contributed by atoms with Gasteiger partial charge in [0.15, 0.2) is 0 Å².